The van der Waals surface area contributed by atoms with Gasteiger partial charge in [0.15, 0.2) is 0 Å². The molecule has 3 heteroatoms. The molecular weight excluding hydrogens is 336 g/mol. The first-order valence-corrected chi connectivity index (χ1v) is 11.6. The van der Waals surface area contributed by atoms with E-state index in [1.54, 1.807) is 0 Å². The molecule has 0 aliphatic heterocycles. The third-order valence-electron chi connectivity index (χ3n) is 4.48. The molecule has 0 saturated carbocycles. The van der Waals surface area contributed by atoms with Crippen molar-refractivity contribution < 1.29 is 8.85 Å². The maximum Gasteiger partial charge on any atom is 0.407 e. The first-order valence-electron chi connectivity index (χ1n) is 9.76. The number of rotatable bonds is 12. The van der Waals surface area contributed by atoms with Crippen LogP contribution in [0.25, 0.3) is 0 Å². The lowest BCUT2D eigenvalue weighted by molar-refractivity contribution is 0.141. The van der Waals surface area contributed by atoms with Crippen LogP contribution in [0.15, 0.2) is 73.3 Å². The largest absolute Gasteiger partial charge is 0.407 e. The van der Waals surface area contributed by atoms with Crippen LogP contribution in [0.2, 0.25) is 0 Å². The fraction of sp³-hybridized carbons (Fsp3) is 0.391. The Kier molecular flexibility index (Phi) is 8.82. The average molecular weight is 369 g/mol. The summed E-state index contributed by atoms with van der Waals surface area (Å²) in [7, 11) is -2.76. The Balaban J connectivity index is 2.36. The Morgan fingerprint density at radius 3 is 2.00 bits per heavy atom. The molecule has 0 spiro atoms. The van der Waals surface area contributed by atoms with Crippen molar-refractivity contribution in [1.82, 2.24) is 0 Å². The van der Waals surface area contributed by atoms with E-state index in [0.29, 0.717) is 0 Å². The molecule has 0 radical (unpaired) electrons. The minimum atomic E-state index is -2.76. The van der Waals surface area contributed by atoms with Gasteiger partial charge in [-0.1, -0.05) is 92.9 Å². The second-order valence-corrected chi connectivity index (χ2v) is 9.62. The highest BCUT2D eigenvalue weighted by Gasteiger charge is 2.43. The monoisotopic (exact) mass is 368 g/mol. The van der Waals surface area contributed by atoms with Crippen LogP contribution in [0.3, 0.4) is 0 Å². The van der Waals surface area contributed by atoms with Crippen molar-refractivity contribution in [3.63, 3.8) is 0 Å². The fourth-order valence-electron chi connectivity index (χ4n) is 3.13. The van der Waals surface area contributed by atoms with Crippen molar-refractivity contribution in [2.75, 3.05) is 6.61 Å². The molecule has 0 aromatic heterocycles. The standard InChI is InChI=1S/C23H32O2Si/c1-4-6-7-14-20-24-26(25-21(3)15-5-2,22-16-10-8-11-17-22)23-18-12-9-13-19-23/h5,8-13,16-19,21H,2,4,6-7,14-15,20H2,1,3H3. The number of benzene rings is 2. The predicted octanol–water partition coefficient (Wildman–Crippen LogP) is 4.82. The van der Waals surface area contributed by atoms with Crippen molar-refractivity contribution in [2.24, 2.45) is 0 Å². The molecule has 2 aromatic rings. The van der Waals surface area contributed by atoms with Gasteiger partial charge in [-0.05, 0) is 30.1 Å². The first-order chi connectivity index (χ1) is 12.7. The lowest BCUT2D eigenvalue weighted by Gasteiger charge is -2.34. The fourth-order valence-corrected chi connectivity index (χ4v) is 6.49. The van der Waals surface area contributed by atoms with E-state index in [-0.39, 0.29) is 6.10 Å². The molecule has 0 saturated heterocycles. The maximum atomic E-state index is 6.70. The summed E-state index contributed by atoms with van der Waals surface area (Å²) in [5.41, 5.74) is 0. The van der Waals surface area contributed by atoms with Gasteiger partial charge in [-0.25, -0.2) is 0 Å². The molecule has 2 rings (SSSR count). The Labute approximate surface area is 160 Å². The molecule has 1 atom stereocenters. The van der Waals surface area contributed by atoms with Crippen LogP contribution in [0, 0.1) is 0 Å². The molecule has 2 nitrogen and oxygen atoms in total. The Bertz CT molecular complexity index is 588. The Hall–Kier alpha value is -1.68. The van der Waals surface area contributed by atoms with E-state index in [2.05, 4.69) is 69.0 Å². The van der Waals surface area contributed by atoms with E-state index in [1.807, 2.05) is 18.2 Å². The summed E-state index contributed by atoms with van der Waals surface area (Å²) in [6.07, 6.45) is 7.55. The van der Waals surface area contributed by atoms with Crippen molar-refractivity contribution >= 4 is 18.9 Å². The number of hydrogen-bond donors (Lipinski definition) is 0. The van der Waals surface area contributed by atoms with Crippen LogP contribution in [-0.2, 0) is 8.85 Å². The van der Waals surface area contributed by atoms with Gasteiger partial charge in [0, 0.05) is 12.7 Å². The van der Waals surface area contributed by atoms with Crippen molar-refractivity contribution in [3.05, 3.63) is 73.3 Å². The normalized spacial score (nSPS) is 12.7. The molecule has 0 N–H and O–H groups in total. The molecule has 0 fully saturated rings. The van der Waals surface area contributed by atoms with Crippen LogP contribution in [0.4, 0.5) is 0 Å². The minimum absolute atomic E-state index is 0.0650. The van der Waals surface area contributed by atoms with Crippen molar-refractivity contribution in [1.29, 1.82) is 0 Å². The summed E-state index contributed by atoms with van der Waals surface area (Å²) in [6, 6.07) is 21.0. The highest BCUT2D eigenvalue weighted by Crippen LogP contribution is 2.16. The van der Waals surface area contributed by atoms with Gasteiger partial charge < -0.3 is 8.85 Å². The lowest BCUT2D eigenvalue weighted by atomic mass is 10.2. The average Bonchev–Trinajstić information content (AvgIpc) is 2.68. The van der Waals surface area contributed by atoms with Gasteiger partial charge in [-0.15, -0.1) is 6.58 Å². The predicted molar refractivity (Wildman–Crippen MR) is 113 cm³/mol. The molecular formula is C23H32O2Si. The first kappa shape index (κ1) is 20.6. The van der Waals surface area contributed by atoms with Crippen molar-refractivity contribution in [2.45, 2.75) is 52.1 Å². The maximum absolute atomic E-state index is 6.70. The van der Waals surface area contributed by atoms with Crippen LogP contribution >= 0.6 is 0 Å². The van der Waals surface area contributed by atoms with Gasteiger partial charge in [0.05, 0.1) is 0 Å². The van der Waals surface area contributed by atoms with E-state index >= 15 is 0 Å². The molecule has 26 heavy (non-hydrogen) atoms. The van der Waals surface area contributed by atoms with Gasteiger partial charge in [-0.3, -0.25) is 0 Å². The van der Waals surface area contributed by atoms with E-state index in [9.17, 15) is 0 Å². The lowest BCUT2D eigenvalue weighted by Crippen LogP contribution is -2.64. The Morgan fingerprint density at radius 2 is 1.50 bits per heavy atom. The van der Waals surface area contributed by atoms with Gasteiger partial charge in [0.25, 0.3) is 0 Å². The summed E-state index contributed by atoms with van der Waals surface area (Å²) < 4.78 is 13.4. The summed E-state index contributed by atoms with van der Waals surface area (Å²) in [6.45, 7) is 8.94. The van der Waals surface area contributed by atoms with E-state index in [0.717, 1.165) is 29.8 Å². The van der Waals surface area contributed by atoms with Crippen LogP contribution in [-0.4, -0.2) is 21.3 Å². The van der Waals surface area contributed by atoms with Gasteiger partial charge in [-0.2, -0.15) is 0 Å². The SMILES string of the molecule is C=CCC(C)O[Si](OCCCCCC)(c1ccccc1)c1ccccc1. The van der Waals surface area contributed by atoms with Crippen LogP contribution in [0.5, 0.6) is 0 Å². The molecule has 2 aromatic carbocycles. The van der Waals surface area contributed by atoms with E-state index in [4.69, 9.17) is 8.85 Å². The van der Waals surface area contributed by atoms with Crippen LogP contribution < -0.4 is 10.4 Å². The number of unbranched alkanes of at least 4 members (excludes halogenated alkanes) is 3. The topological polar surface area (TPSA) is 18.5 Å². The van der Waals surface area contributed by atoms with Gasteiger partial charge >= 0.3 is 8.56 Å². The third-order valence-corrected chi connectivity index (χ3v) is 8.01. The zero-order valence-corrected chi connectivity index (χ0v) is 17.2. The molecule has 0 heterocycles. The minimum Gasteiger partial charge on any atom is -0.388 e. The molecule has 0 aliphatic carbocycles. The summed E-state index contributed by atoms with van der Waals surface area (Å²) in [5, 5.41) is 2.33. The zero-order chi connectivity index (χ0) is 18.7. The van der Waals surface area contributed by atoms with Crippen LogP contribution in [0.1, 0.15) is 46.0 Å². The van der Waals surface area contributed by atoms with Gasteiger partial charge in [0.2, 0.25) is 0 Å². The number of hydrogen-bond acceptors (Lipinski definition) is 2. The highest BCUT2D eigenvalue weighted by molar-refractivity contribution is 6.92. The Morgan fingerprint density at radius 1 is 0.923 bits per heavy atom. The van der Waals surface area contributed by atoms with Gasteiger partial charge in [0.1, 0.15) is 0 Å². The van der Waals surface area contributed by atoms with E-state index < -0.39 is 8.56 Å². The third kappa shape index (κ3) is 5.66. The molecule has 1 unspecified atom stereocenters. The second-order valence-electron chi connectivity index (χ2n) is 6.71. The molecule has 140 valence electrons. The molecule has 0 amide bonds. The quantitative estimate of drug-likeness (QED) is 0.304. The summed E-state index contributed by atoms with van der Waals surface area (Å²) in [4.78, 5) is 0. The molecule has 0 bridgehead atoms. The van der Waals surface area contributed by atoms with E-state index in [1.165, 1.54) is 19.3 Å². The zero-order valence-electron chi connectivity index (χ0n) is 16.2. The highest BCUT2D eigenvalue weighted by atomic mass is 28.4. The van der Waals surface area contributed by atoms with Crippen molar-refractivity contribution in [3.8, 4) is 0 Å². The molecule has 0 aliphatic rings. The summed E-state index contributed by atoms with van der Waals surface area (Å²) >= 11 is 0. The second kappa shape index (κ2) is 11.1. The smallest absolute Gasteiger partial charge is 0.388 e. The summed E-state index contributed by atoms with van der Waals surface area (Å²) in [5.74, 6) is 0.